The number of carbonyl (C=O) groups is 2. The second-order valence-corrected chi connectivity index (χ2v) is 5.04. The van der Waals surface area contributed by atoms with Gasteiger partial charge in [-0.3, -0.25) is 4.79 Å². The molecular formula is C16H14ClNO3. The van der Waals surface area contributed by atoms with E-state index in [4.69, 9.17) is 16.7 Å². The molecule has 5 heteroatoms. The van der Waals surface area contributed by atoms with Crippen molar-refractivity contribution in [1.29, 1.82) is 0 Å². The van der Waals surface area contributed by atoms with Gasteiger partial charge in [0.2, 0.25) is 6.41 Å². The first kappa shape index (κ1) is 15.1. The minimum atomic E-state index is -1.09. The molecule has 4 nitrogen and oxygen atoms in total. The highest BCUT2D eigenvalue weighted by Gasteiger charge is 2.13. The molecule has 1 amide bonds. The lowest BCUT2D eigenvalue weighted by atomic mass is 10.1. The molecule has 0 heterocycles. The third-order valence-corrected chi connectivity index (χ3v) is 3.56. The number of nitrogens with zero attached hydrogens (tertiary/aromatic N) is 1. The number of anilines is 1. The number of rotatable bonds is 5. The normalized spacial score (nSPS) is 10.2. The van der Waals surface area contributed by atoms with Gasteiger partial charge in [-0.2, -0.15) is 0 Å². The number of benzene rings is 2. The molecule has 0 atom stereocenters. The van der Waals surface area contributed by atoms with Gasteiger partial charge >= 0.3 is 5.97 Å². The summed E-state index contributed by atoms with van der Waals surface area (Å²) in [4.78, 5) is 23.7. The van der Waals surface area contributed by atoms with E-state index < -0.39 is 5.97 Å². The Balaban J connectivity index is 2.30. The van der Waals surface area contributed by atoms with E-state index in [1.807, 2.05) is 31.2 Å². The van der Waals surface area contributed by atoms with Crippen LogP contribution in [0.5, 0.6) is 0 Å². The van der Waals surface area contributed by atoms with Crippen molar-refractivity contribution in [3.05, 3.63) is 64.2 Å². The van der Waals surface area contributed by atoms with E-state index in [0.717, 1.165) is 11.1 Å². The monoisotopic (exact) mass is 303 g/mol. The number of aryl methyl sites for hydroxylation is 1. The topological polar surface area (TPSA) is 57.6 Å². The maximum absolute atomic E-state index is 11.3. The second-order valence-electron chi connectivity index (χ2n) is 4.63. The fraction of sp³-hybridized carbons (Fsp3) is 0.125. The zero-order valence-corrected chi connectivity index (χ0v) is 12.2. The van der Waals surface area contributed by atoms with Crippen molar-refractivity contribution in [3.8, 4) is 0 Å². The predicted octanol–water partition coefficient (Wildman–Crippen LogP) is 3.51. The van der Waals surface area contributed by atoms with E-state index in [1.54, 1.807) is 6.07 Å². The predicted molar refractivity (Wildman–Crippen MR) is 81.8 cm³/mol. The van der Waals surface area contributed by atoms with Crippen LogP contribution in [0.4, 0.5) is 5.69 Å². The van der Waals surface area contributed by atoms with Crippen LogP contribution in [0.25, 0.3) is 0 Å². The summed E-state index contributed by atoms with van der Waals surface area (Å²) in [5.74, 6) is -1.09. The average Bonchev–Trinajstić information content (AvgIpc) is 2.46. The zero-order valence-electron chi connectivity index (χ0n) is 11.4. The van der Waals surface area contributed by atoms with Gasteiger partial charge in [-0.15, -0.1) is 0 Å². The average molecular weight is 304 g/mol. The lowest BCUT2D eigenvalue weighted by Gasteiger charge is -2.19. The van der Waals surface area contributed by atoms with Gasteiger partial charge in [0.05, 0.1) is 17.1 Å². The molecule has 0 saturated heterocycles. The number of aromatic carboxylic acids is 1. The molecule has 21 heavy (non-hydrogen) atoms. The number of hydrogen-bond donors (Lipinski definition) is 1. The van der Waals surface area contributed by atoms with Gasteiger partial charge in [0.25, 0.3) is 0 Å². The van der Waals surface area contributed by atoms with Crippen molar-refractivity contribution in [2.75, 3.05) is 4.90 Å². The highest BCUT2D eigenvalue weighted by Crippen LogP contribution is 2.24. The Kier molecular flexibility index (Phi) is 4.60. The molecule has 0 radical (unpaired) electrons. The lowest BCUT2D eigenvalue weighted by Crippen LogP contribution is -2.21. The minimum absolute atomic E-state index is 0.0159. The first-order chi connectivity index (χ1) is 10.0. The van der Waals surface area contributed by atoms with Crippen LogP contribution in [-0.2, 0) is 11.3 Å². The van der Waals surface area contributed by atoms with Crippen molar-refractivity contribution < 1.29 is 14.7 Å². The van der Waals surface area contributed by atoms with E-state index in [0.29, 0.717) is 18.6 Å². The highest BCUT2D eigenvalue weighted by atomic mass is 35.5. The molecule has 0 unspecified atom stereocenters. The van der Waals surface area contributed by atoms with Crippen LogP contribution in [0.15, 0.2) is 42.5 Å². The van der Waals surface area contributed by atoms with Crippen LogP contribution < -0.4 is 4.90 Å². The summed E-state index contributed by atoms with van der Waals surface area (Å²) >= 11 is 5.94. The molecule has 2 rings (SSSR count). The van der Waals surface area contributed by atoms with Gasteiger partial charge in [-0.1, -0.05) is 35.9 Å². The van der Waals surface area contributed by atoms with Gasteiger partial charge in [0, 0.05) is 5.69 Å². The number of hydrogen-bond acceptors (Lipinski definition) is 2. The molecule has 0 fully saturated rings. The number of carbonyl (C=O) groups excluding carboxylic acids is 1. The molecule has 0 aliphatic rings. The second kappa shape index (κ2) is 6.41. The third-order valence-electron chi connectivity index (χ3n) is 3.24. The molecule has 2 aromatic carbocycles. The SMILES string of the molecule is Cc1ccccc1CN(C=O)c1ccc(C(=O)O)c(Cl)c1. The van der Waals surface area contributed by atoms with E-state index in [-0.39, 0.29) is 10.6 Å². The van der Waals surface area contributed by atoms with Crippen molar-refractivity contribution in [1.82, 2.24) is 0 Å². The lowest BCUT2D eigenvalue weighted by molar-refractivity contribution is -0.107. The van der Waals surface area contributed by atoms with Crippen molar-refractivity contribution in [3.63, 3.8) is 0 Å². The van der Waals surface area contributed by atoms with Gasteiger partial charge in [-0.05, 0) is 36.2 Å². The van der Waals surface area contributed by atoms with Crippen LogP contribution in [0, 0.1) is 6.92 Å². The largest absolute Gasteiger partial charge is 0.478 e. The molecule has 0 aromatic heterocycles. The van der Waals surface area contributed by atoms with Crippen molar-refractivity contribution >= 4 is 29.7 Å². The Morgan fingerprint density at radius 2 is 2.00 bits per heavy atom. The summed E-state index contributed by atoms with van der Waals surface area (Å²) in [5, 5.41) is 9.06. The summed E-state index contributed by atoms with van der Waals surface area (Å²) in [6.45, 7) is 2.37. The van der Waals surface area contributed by atoms with Crippen LogP contribution in [0.1, 0.15) is 21.5 Å². The summed E-state index contributed by atoms with van der Waals surface area (Å²) in [6.07, 6.45) is 0.707. The molecule has 2 aromatic rings. The summed E-state index contributed by atoms with van der Waals surface area (Å²) in [5.41, 5.74) is 2.67. The molecule has 0 bridgehead atoms. The fourth-order valence-corrected chi connectivity index (χ4v) is 2.27. The molecule has 0 saturated carbocycles. The van der Waals surface area contributed by atoms with E-state index >= 15 is 0 Å². The third kappa shape index (κ3) is 3.41. The van der Waals surface area contributed by atoms with Crippen LogP contribution in [-0.4, -0.2) is 17.5 Å². The van der Waals surface area contributed by atoms with E-state index in [9.17, 15) is 9.59 Å². The van der Waals surface area contributed by atoms with E-state index in [2.05, 4.69) is 0 Å². The Morgan fingerprint density at radius 1 is 1.29 bits per heavy atom. The smallest absolute Gasteiger partial charge is 0.337 e. The summed E-state index contributed by atoms with van der Waals surface area (Å²) in [6, 6.07) is 12.2. The quantitative estimate of drug-likeness (QED) is 0.860. The molecule has 1 N–H and O–H groups in total. The minimum Gasteiger partial charge on any atom is -0.478 e. The first-order valence-corrected chi connectivity index (χ1v) is 6.70. The zero-order chi connectivity index (χ0) is 15.4. The Hall–Kier alpha value is -2.33. The molecule has 0 spiro atoms. The number of halogens is 1. The standard InChI is InChI=1S/C16H14ClNO3/c1-11-4-2-3-5-12(11)9-18(10-19)13-6-7-14(16(20)21)15(17)8-13/h2-8,10H,9H2,1H3,(H,20,21). The van der Waals surface area contributed by atoms with Crippen molar-refractivity contribution in [2.45, 2.75) is 13.5 Å². The van der Waals surface area contributed by atoms with Gasteiger partial charge in [0.15, 0.2) is 0 Å². The Bertz CT molecular complexity index is 685. The molecule has 108 valence electrons. The van der Waals surface area contributed by atoms with Crippen LogP contribution in [0.3, 0.4) is 0 Å². The first-order valence-electron chi connectivity index (χ1n) is 6.32. The maximum atomic E-state index is 11.3. The Morgan fingerprint density at radius 3 is 2.57 bits per heavy atom. The molecule has 0 aliphatic heterocycles. The van der Waals surface area contributed by atoms with Gasteiger partial charge in [0.1, 0.15) is 0 Å². The van der Waals surface area contributed by atoms with Crippen LogP contribution in [0.2, 0.25) is 5.02 Å². The molecular weight excluding hydrogens is 290 g/mol. The maximum Gasteiger partial charge on any atom is 0.337 e. The number of amides is 1. The molecule has 0 aliphatic carbocycles. The summed E-state index contributed by atoms with van der Waals surface area (Å²) in [7, 11) is 0. The van der Waals surface area contributed by atoms with Crippen LogP contribution >= 0.6 is 11.6 Å². The fourth-order valence-electron chi connectivity index (χ4n) is 2.02. The van der Waals surface area contributed by atoms with Gasteiger partial charge < -0.3 is 10.0 Å². The summed E-state index contributed by atoms with van der Waals surface area (Å²) < 4.78 is 0. The Labute approximate surface area is 127 Å². The van der Waals surface area contributed by atoms with Crippen molar-refractivity contribution in [2.24, 2.45) is 0 Å². The van der Waals surface area contributed by atoms with E-state index in [1.165, 1.54) is 17.0 Å². The number of carboxylic acids is 1. The number of carboxylic acid groups (broad SMARTS) is 1. The highest BCUT2D eigenvalue weighted by molar-refractivity contribution is 6.33. The van der Waals surface area contributed by atoms with Gasteiger partial charge in [-0.25, -0.2) is 4.79 Å².